The van der Waals surface area contributed by atoms with E-state index >= 15 is 0 Å². The number of hydrogen-bond donors (Lipinski definition) is 2. The van der Waals surface area contributed by atoms with E-state index in [0.717, 1.165) is 62.1 Å². The van der Waals surface area contributed by atoms with Crippen LogP contribution in [0.25, 0.3) is 11.6 Å². The molecule has 144 valence electrons. The van der Waals surface area contributed by atoms with Gasteiger partial charge in [0, 0.05) is 60.0 Å². The SMILES string of the molecule is C1=Cc2cc(OCCN3CCOCC3)ccc2NC1=C1CNc2ccccc21. The number of benzene rings is 2. The Labute approximate surface area is 165 Å². The van der Waals surface area contributed by atoms with E-state index in [9.17, 15) is 0 Å². The quantitative estimate of drug-likeness (QED) is 0.854. The number of fused-ring (bicyclic) bond motifs is 2. The third-order valence-electron chi connectivity index (χ3n) is 5.53. The summed E-state index contributed by atoms with van der Waals surface area (Å²) in [5.74, 6) is 0.919. The molecule has 1 fully saturated rings. The Bertz CT molecular complexity index is 929. The Hall–Kier alpha value is -2.76. The number of anilines is 2. The highest BCUT2D eigenvalue weighted by molar-refractivity contribution is 5.91. The van der Waals surface area contributed by atoms with E-state index in [0.29, 0.717) is 6.61 Å². The molecule has 0 aliphatic carbocycles. The second-order valence-corrected chi connectivity index (χ2v) is 7.30. The molecule has 0 spiro atoms. The summed E-state index contributed by atoms with van der Waals surface area (Å²) in [6.07, 6.45) is 4.34. The first-order valence-corrected chi connectivity index (χ1v) is 9.95. The number of ether oxygens (including phenoxy) is 2. The number of allylic oxidation sites excluding steroid dienone is 1. The Morgan fingerprint density at radius 3 is 2.82 bits per heavy atom. The zero-order valence-electron chi connectivity index (χ0n) is 15.9. The fraction of sp³-hybridized carbons (Fsp3) is 0.304. The molecule has 0 aromatic heterocycles. The number of hydrogen-bond acceptors (Lipinski definition) is 5. The predicted molar refractivity (Wildman–Crippen MR) is 114 cm³/mol. The molecule has 0 unspecified atom stereocenters. The van der Waals surface area contributed by atoms with Gasteiger partial charge in [0.25, 0.3) is 0 Å². The van der Waals surface area contributed by atoms with E-state index in [2.05, 4.69) is 64.1 Å². The summed E-state index contributed by atoms with van der Waals surface area (Å²) in [4.78, 5) is 2.38. The van der Waals surface area contributed by atoms with Gasteiger partial charge in [-0.1, -0.05) is 24.3 Å². The first-order valence-electron chi connectivity index (χ1n) is 9.95. The summed E-state index contributed by atoms with van der Waals surface area (Å²) in [5.41, 5.74) is 7.23. The minimum Gasteiger partial charge on any atom is -0.492 e. The van der Waals surface area contributed by atoms with Gasteiger partial charge in [-0.3, -0.25) is 4.90 Å². The minimum atomic E-state index is 0.702. The maximum atomic E-state index is 5.98. The van der Waals surface area contributed by atoms with Crippen LogP contribution in [0.3, 0.4) is 0 Å². The topological polar surface area (TPSA) is 45.8 Å². The molecule has 3 heterocycles. The molecule has 5 heteroatoms. The molecule has 3 aliphatic heterocycles. The number of nitrogens with zero attached hydrogens (tertiary/aromatic N) is 1. The summed E-state index contributed by atoms with van der Waals surface area (Å²) in [6, 6.07) is 14.7. The Morgan fingerprint density at radius 1 is 1.00 bits per heavy atom. The van der Waals surface area contributed by atoms with E-state index in [4.69, 9.17) is 9.47 Å². The molecule has 0 amide bonds. The molecule has 1 saturated heterocycles. The molecule has 0 atom stereocenters. The first kappa shape index (κ1) is 17.3. The van der Waals surface area contributed by atoms with Gasteiger partial charge in [0.1, 0.15) is 12.4 Å². The largest absolute Gasteiger partial charge is 0.492 e. The van der Waals surface area contributed by atoms with Crippen molar-refractivity contribution >= 4 is 23.0 Å². The normalized spacial score (nSPS) is 20.9. The molecule has 5 rings (SSSR count). The lowest BCUT2D eigenvalue weighted by Gasteiger charge is -2.26. The van der Waals surface area contributed by atoms with Crippen molar-refractivity contribution in [2.75, 3.05) is 56.6 Å². The van der Waals surface area contributed by atoms with Crippen LogP contribution in [-0.4, -0.2) is 50.9 Å². The zero-order valence-corrected chi connectivity index (χ0v) is 15.9. The fourth-order valence-corrected chi connectivity index (χ4v) is 3.96. The van der Waals surface area contributed by atoms with Gasteiger partial charge in [0.05, 0.1) is 13.2 Å². The monoisotopic (exact) mass is 375 g/mol. The van der Waals surface area contributed by atoms with Crippen molar-refractivity contribution < 1.29 is 9.47 Å². The van der Waals surface area contributed by atoms with Crippen LogP contribution >= 0.6 is 0 Å². The van der Waals surface area contributed by atoms with Gasteiger partial charge in [-0.05, 0) is 30.3 Å². The Morgan fingerprint density at radius 2 is 1.89 bits per heavy atom. The van der Waals surface area contributed by atoms with Crippen LogP contribution in [-0.2, 0) is 4.74 Å². The molecule has 0 radical (unpaired) electrons. The zero-order chi connectivity index (χ0) is 18.8. The maximum absolute atomic E-state index is 5.98. The van der Waals surface area contributed by atoms with Crippen LogP contribution in [0.4, 0.5) is 11.4 Å². The van der Waals surface area contributed by atoms with Gasteiger partial charge in [-0.2, -0.15) is 0 Å². The highest BCUT2D eigenvalue weighted by atomic mass is 16.5. The van der Waals surface area contributed by atoms with Gasteiger partial charge >= 0.3 is 0 Å². The van der Waals surface area contributed by atoms with Crippen LogP contribution in [0, 0.1) is 0 Å². The van der Waals surface area contributed by atoms with Gasteiger partial charge in [-0.25, -0.2) is 0 Å². The van der Waals surface area contributed by atoms with Crippen LogP contribution in [0.1, 0.15) is 11.1 Å². The van der Waals surface area contributed by atoms with Crippen molar-refractivity contribution in [3.05, 3.63) is 65.4 Å². The molecular weight excluding hydrogens is 350 g/mol. The van der Waals surface area contributed by atoms with Crippen molar-refractivity contribution in [1.82, 2.24) is 4.90 Å². The molecule has 0 bridgehead atoms. The van der Waals surface area contributed by atoms with Crippen LogP contribution in [0.15, 0.2) is 54.2 Å². The smallest absolute Gasteiger partial charge is 0.120 e. The molecule has 5 nitrogen and oxygen atoms in total. The number of nitrogens with one attached hydrogen (secondary N) is 2. The second-order valence-electron chi connectivity index (χ2n) is 7.30. The Kier molecular flexibility index (Phi) is 4.77. The van der Waals surface area contributed by atoms with Crippen molar-refractivity contribution in [3.63, 3.8) is 0 Å². The number of rotatable bonds is 4. The van der Waals surface area contributed by atoms with E-state index in [-0.39, 0.29) is 0 Å². The van der Waals surface area contributed by atoms with E-state index < -0.39 is 0 Å². The third kappa shape index (κ3) is 3.51. The Balaban J connectivity index is 1.27. The minimum absolute atomic E-state index is 0.702. The van der Waals surface area contributed by atoms with E-state index in [1.54, 1.807) is 0 Å². The number of para-hydroxylation sites is 1. The van der Waals surface area contributed by atoms with E-state index in [1.807, 2.05) is 6.07 Å². The summed E-state index contributed by atoms with van der Waals surface area (Å²) in [7, 11) is 0. The standard InChI is InChI=1S/C23H25N3O2/c1-2-4-22-19(3-1)20(16-24-22)23-7-5-17-15-18(6-8-21(17)25-23)28-14-11-26-9-12-27-13-10-26/h1-8,15,24-25H,9-14,16H2. The molecule has 0 saturated carbocycles. The van der Waals surface area contributed by atoms with Gasteiger partial charge < -0.3 is 20.1 Å². The lowest BCUT2D eigenvalue weighted by atomic mass is 10.0. The summed E-state index contributed by atoms with van der Waals surface area (Å²) in [6.45, 7) is 6.14. The van der Waals surface area contributed by atoms with Crippen molar-refractivity contribution in [2.45, 2.75) is 0 Å². The highest BCUT2D eigenvalue weighted by Gasteiger charge is 2.20. The van der Waals surface area contributed by atoms with Gasteiger partial charge in [0.2, 0.25) is 0 Å². The average molecular weight is 375 g/mol. The number of morpholine rings is 1. The lowest BCUT2D eigenvalue weighted by molar-refractivity contribution is 0.0322. The van der Waals surface area contributed by atoms with E-state index in [1.165, 1.54) is 16.8 Å². The first-order chi connectivity index (χ1) is 13.9. The van der Waals surface area contributed by atoms with Gasteiger partial charge in [0.15, 0.2) is 0 Å². The molecular formula is C23H25N3O2. The van der Waals surface area contributed by atoms with Crippen LogP contribution in [0.2, 0.25) is 0 Å². The van der Waals surface area contributed by atoms with Crippen molar-refractivity contribution in [2.24, 2.45) is 0 Å². The van der Waals surface area contributed by atoms with Crippen molar-refractivity contribution in [3.8, 4) is 5.75 Å². The summed E-state index contributed by atoms with van der Waals surface area (Å²) < 4.78 is 11.4. The fourth-order valence-electron chi connectivity index (χ4n) is 3.96. The van der Waals surface area contributed by atoms with Crippen molar-refractivity contribution in [1.29, 1.82) is 0 Å². The highest BCUT2D eigenvalue weighted by Crippen LogP contribution is 2.36. The van der Waals surface area contributed by atoms with Crippen LogP contribution in [0.5, 0.6) is 5.75 Å². The third-order valence-corrected chi connectivity index (χ3v) is 5.53. The predicted octanol–water partition coefficient (Wildman–Crippen LogP) is 3.67. The summed E-state index contributed by atoms with van der Waals surface area (Å²) >= 11 is 0. The van der Waals surface area contributed by atoms with Gasteiger partial charge in [-0.15, -0.1) is 0 Å². The maximum Gasteiger partial charge on any atom is 0.120 e. The molecule has 2 aromatic carbocycles. The summed E-state index contributed by atoms with van der Waals surface area (Å²) in [5, 5.41) is 7.06. The lowest BCUT2D eigenvalue weighted by Crippen LogP contribution is -2.38. The molecule has 2 N–H and O–H groups in total. The second kappa shape index (κ2) is 7.70. The molecule has 2 aromatic rings. The van der Waals surface area contributed by atoms with Crippen LogP contribution < -0.4 is 15.4 Å². The molecule has 28 heavy (non-hydrogen) atoms. The average Bonchev–Trinajstić information content (AvgIpc) is 3.18. The molecule has 3 aliphatic rings.